The average molecular weight is 269 g/mol. The summed E-state index contributed by atoms with van der Waals surface area (Å²) >= 11 is 0. The highest BCUT2D eigenvalue weighted by Gasteiger charge is 2.57. The van der Waals surface area contributed by atoms with Crippen molar-refractivity contribution in [1.82, 2.24) is 5.32 Å². The monoisotopic (exact) mass is 269 g/mol. The number of hydrogen-bond acceptors (Lipinski definition) is 3. The Hall–Kier alpha value is -0.980. The Kier molecular flexibility index (Phi) is 3.86. The summed E-state index contributed by atoms with van der Waals surface area (Å²) in [5, 5.41) is 11.8. The number of carbonyl (C=O) groups excluding carboxylic acids is 1. The van der Waals surface area contributed by atoms with Crippen LogP contribution in [0, 0.1) is 0 Å². The Balaban J connectivity index is 2.51. The molecular formula is C11H18F3NO3. The van der Waals surface area contributed by atoms with E-state index in [1.165, 1.54) is 0 Å². The fourth-order valence-corrected chi connectivity index (χ4v) is 1.88. The zero-order valence-corrected chi connectivity index (χ0v) is 10.6. The highest BCUT2D eigenvalue weighted by atomic mass is 19.4. The van der Waals surface area contributed by atoms with Gasteiger partial charge in [0.1, 0.15) is 5.60 Å². The minimum absolute atomic E-state index is 0.0786. The van der Waals surface area contributed by atoms with Gasteiger partial charge in [0.05, 0.1) is 0 Å². The van der Waals surface area contributed by atoms with Gasteiger partial charge in [0.15, 0.2) is 5.60 Å². The lowest BCUT2D eigenvalue weighted by Crippen LogP contribution is -2.45. The van der Waals surface area contributed by atoms with E-state index >= 15 is 0 Å². The van der Waals surface area contributed by atoms with Crippen LogP contribution in [0.1, 0.15) is 40.0 Å². The molecule has 2 atom stereocenters. The minimum Gasteiger partial charge on any atom is -0.444 e. The van der Waals surface area contributed by atoms with Gasteiger partial charge in [-0.3, -0.25) is 0 Å². The molecule has 4 nitrogen and oxygen atoms in total. The van der Waals surface area contributed by atoms with E-state index in [-0.39, 0.29) is 6.42 Å². The van der Waals surface area contributed by atoms with Crippen LogP contribution in [0.3, 0.4) is 0 Å². The average Bonchev–Trinajstić information content (AvgIpc) is 2.43. The van der Waals surface area contributed by atoms with E-state index in [9.17, 15) is 23.1 Å². The van der Waals surface area contributed by atoms with Crippen molar-refractivity contribution < 1.29 is 27.8 Å². The van der Waals surface area contributed by atoms with Crippen LogP contribution in [0.25, 0.3) is 0 Å². The van der Waals surface area contributed by atoms with Gasteiger partial charge in [-0.15, -0.1) is 0 Å². The second-order valence-corrected chi connectivity index (χ2v) is 5.62. The molecule has 106 valence electrons. The van der Waals surface area contributed by atoms with Gasteiger partial charge >= 0.3 is 12.3 Å². The summed E-state index contributed by atoms with van der Waals surface area (Å²) in [4.78, 5) is 11.4. The number of rotatable bonds is 1. The largest absolute Gasteiger partial charge is 0.444 e. The first-order valence-corrected chi connectivity index (χ1v) is 5.72. The highest BCUT2D eigenvalue weighted by molar-refractivity contribution is 5.68. The lowest BCUT2D eigenvalue weighted by molar-refractivity contribution is -0.257. The molecule has 1 rings (SSSR count). The quantitative estimate of drug-likeness (QED) is 0.768. The first-order chi connectivity index (χ1) is 7.93. The number of aliphatic hydroxyl groups is 1. The van der Waals surface area contributed by atoms with Gasteiger partial charge in [0, 0.05) is 12.5 Å². The van der Waals surface area contributed by atoms with Gasteiger partial charge in [-0.2, -0.15) is 13.2 Å². The summed E-state index contributed by atoms with van der Waals surface area (Å²) in [6.45, 7) is 4.98. The second-order valence-electron chi connectivity index (χ2n) is 5.62. The van der Waals surface area contributed by atoms with E-state index in [1.54, 1.807) is 20.8 Å². The molecule has 1 saturated carbocycles. The zero-order valence-electron chi connectivity index (χ0n) is 10.6. The third kappa shape index (κ3) is 3.76. The topological polar surface area (TPSA) is 58.6 Å². The highest BCUT2D eigenvalue weighted by Crippen LogP contribution is 2.42. The van der Waals surface area contributed by atoms with Crippen molar-refractivity contribution in [1.29, 1.82) is 0 Å². The smallest absolute Gasteiger partial charge is 0.417 e. The maximum Gasteiger partial charge on any atom is 0.417 e. The van der Waals surface area contributed by atoms with Crippen LogP contribution in [0.2, 0.25) is 0 Å². The van der Waals surface area contributed by atoms with Crippen molar-refractivity contribution in [2.75, 3.05) is 0 Å². The molecule has 18 heavy (non-hydrogen) atoms. The van der Waals surface area contributed by atoms with E-state index < -0.39 is 42.4 Å². The normalized spacial score (nSPS) is 29.2. The summed E-state index contributed by atoms with van der Waals surface area (Å²) in [6, 6.07) is -0.716. The van der Waals surface area contributed by atoms with Gasteiger partial charge in [-0.05, 0) is 33.6 Å². The Morgan fingerprint density at radius 1 is 1.39 bits per heavy atom. The third-order valence-electron chi connectivity index (χ3n) is 2.74. The van der Waals surface area contributed by atoms with Gasteiger partial charge in [-0.25, -0.2) is 4.79 Å². The molecule has 1 aliphatic carbocycles. The van der Waals surface area contributed by atoms with Crippen LogP contribution in [0.5, 0.6) is 0 Å². The first-order valence-electron chi connectivity index (χ1n) is 5.72. The molecule has 0 aromatic heterocycles. The number of hydrogen-bond donors (Lipinski definition) is 2. The van der Waals surface area contributed by atoms with E-state index in [0.717, 1.165) is 0 Å². The molecule has 7 heteroatoms. The minimum atomic E-state index is -4.67. The number of alkyl halides is 3. The van der Waals surface area contributed by atoms with E-state index in [1.807, 2.05) is 0 Å². The van der Waals surface area contributed by atoms with Crippen molar-refractivity contribution in [3.63, 3.8) is 0 Å². The van der Waals surface area contributed by atoms with Crippen molar-refractivity contribution in [3.05, 3.63) is 0 Å². The van der Waals surface area contributed by atoms with Gasteiger partial charge in [-0.1, -0.05) is 0 Å². The SMILES string of the molecule is CC(C)(C)OC(=O)NC1CCC(O)(C(F)(F)F)C1. The summed E-state index contributed by atoms with van der Waals surface area (Å²) in [6.07, 6.45) is -6.29. The summed E-state index contributed by atoms with van der Waals surface area (Å²) < 4.78 is 42.5. The van der Waals surface area contributed by atoms with Crippen molar-refractivity contribution in [3.8, 4) is 0 Å². The number of halogens is 3. The molecule has 1 amide bonds. The molecule has 2 unspecified atom stereocenters. The standard InChI is InChI=1S/C11H18F3NO3/c1-9(2,3)18-8(16)15-7-4-5-10(17,6-7)11(12,13)14/h7,17H,4-6H2,1-3H3,(H,15,16). The fourth-order valence-electron chi connectivity index (χ4n) is 1.88. The molecule has 0 bridgehead atoms. The maximum atomic E-state index is 12.5. The Morgan fingerprint density at radius 3 is 2.33 bits per heavy atom. The summed E-state index contributed by atoms with van der Waals surface area (Å²) in [5.74, 6) is 0. The molecule has 0 heterocycles. The number of ether oxygens (including phenoxy) is 1. The van der Waals surface area contributed by atoms with Crippen LogP contribution in [-0.4, -0.2) is 34.6 Å². The fraction of sp³-hybridized carbons (Fsp3) is 0.909. The van der Waals surface area contributed by atoms with Crippen LogP contribution < -0.4 is 5.32 Å². The van der Waals surface area contributed by atoms with Crippen molar-refractivity contribution in [2.45, 2.75) is 63.5 Å². The van der Waals surface area contributed by atoms with Gasteiger partial charge in [0.2, 0.25) is 0 Å². The Morgan fingerprint density at radius 2 is 1.94 bits per heavy atom. The number of alkyl carbamates (subject to hydrolysis) is 1. The number of carbonyl (C=O) groups is 1. The molecule has 0 aromatic carbocycles. The molecular weight excluding hydrogens is 251 g/mol. The Labute approximate surface area is 103 Å². The molecule has 0 saturated heterocycles. The first kappa shape index (κ1) is 15.1. The van der Waals surface area contributed by atoms with Crippen molar-refractivity contribution in [2.24, 2.45) is 0 Å². The van der Waals surface area contributed by atoms with Gasteiger partial charge in [0.25, 0.3) is 0 Å². The third-order valence-corrected chi connectivity index (χ3v) is 2.74. The summed E-state index contributed by atoms with van der Waals surface area (Å²) in [7, 11) is 0. The summed E-state index contributed by atoms with van der Waals surface area (Å²) in [5.41, 5.74) is -3.41. The molecule has 2 N–H and O–H groups in total. The molecule has 0 aromatic rings. The van der Waals surface area contributed by atoms with Gasteiger partial charge < -0.3 is 15.2 Å². The van der Waals surface area contributed by atoms with E-state index in [0.29, 0.717) is 0 Å². The van der Waals surface area contributed by atoms with Crippen LogP contribution in [0.15, 0.2) is 0 Å². The molecule has 1 fully saturated rings. The predicted octanol–water partition coefficient (Wildman–Crippen LogP) is 2.36. The molecule has 0 aliphatic heterocycles. The lowest BCUT2D eigenvalue weighted by atomic mass is 10.0. The van der Waals surface area contributed by atoms with Crippen molar-refractivity contribution >= 4 is 6.09 Å². The zero-order chi connectivity index (χ0) is 14.2. The lowest BCUT2D eigenvalue weighted by Gasteiger charge is -2.26. The number of nitrogens with one attached hydrogen (secondary N) is 1. The molecule has 1 aliphatic rings. The molecule has 0 radical (unpaired) electrons. The predicted molar refractivity (Wildman–Crippen MR) is 58.0 cm³/mol. The van der Waals surface area contributed by atoms with Crippen LogP contribution >= 0.6 is 0 Å². The number of amides is 1. The van der Waals surface area contributed by atoms with E-state index in [2.05, 4.69) is 5.32 Å². The maximum absolute atomic E-state index is 12.5. The van der Waals surface area contributed by atoms with Crippen LogP contribution in [-0.2, 0) is 4.74 Å². The molecule has 0 spiro atoms. The second kappa shape index (κ2) is 4.60. The van der Waals surface area contributed by atoms with E-state index in [4.69, 9.17) is 4.74 Å². The Bertz CT molecular complexity index is 324. The van der Waals surface area contributed by atoms with Crippen LogP contribution in [0.4, 0.5) is 18.0 Å².